The zero-order valence-electron chi connectivity index (χ0n) is 13.3. The molecule has 0 aliphatic carbocycles. The highest BCUT2D eigenvalue weighted by atomic mass is 32.2. The summed E-state index contributed by atoms with van der Waals surface area (Å²) in [6.45, 7) is 4.89. The maximum Gasteiger partial charge on any atom is 0.237 e. The zero-order valence-corrected chi connectivity index (χ0v) is 14.1. The van der Waals surface area contributed by atoms with Crippen molar-refractivity contribution in [1.29, 1.82) is 0 Å². The maximum atomic E-state index is 12.6. The quantitative estimate of drug-likeness (QED) is 0.668. The van der Waals surface area contributed by atoms with Gasteiger partial charge in [-0.1, -0.05) is 0 Å². The molecule has 0 aromatic rings. The summed E-state index contributed by atoms with van der Waals surface area (Å²) >= 11 is 0. The Labute approximate surface area is 132 Å². The Hall–Kier alpha value is -0.700. The van der Waals surface area contributed by atoms with Gasteiger partial charge in [-0.2, -0.15) is 0 Å². The maximum absolute atomic E-state index is 12.6. The van der Waals surface area contributed by atoms with E-state index in [-0.39, 0.29) is 23.5 Å². The lowest BCUT2D eigenvalue weighted by atomic mass is 10.2. The second kappa shape index (κ2) is 8.24. The largest absolute Gasteiger partial charge is 0.383 e. The third-order valence-corrected chi connectivity index (χ3v) is 6.05. The molecule has 1 atom stereocenters. The predicted octanol–water partition coefficient (Wildman–Crippen LogP) is -1.06. The first-order chi connectivity index (χ1) is 10.5. The van der Waals surface area contributed by atoms with Gasteiger partial charge in [0.15, 0.2) is 9.84 Å². The lowest BCUT2D eigenvalue weighted by Gasteiger charge is -2.30. The standard InChI is InChI=1S/C14H27N3O4S/c1-21-9-8-17(13-3-10-22(19,20)12-13)14(18)11-16-6-2-4-15-5-7-16/h13,15H,2-12H2,1H3. The highest BCUT2D eigenvalue weighted by Crippen LogP contribution is 2.18. The number of methoxy groups -OCH3 is 1. The van der Waals surface area contributed by atoms with Crippen molar-refractivity contribution in [3.63, 3.8) is 0 Å². The van der Waals surface area contributed by atoms with Crippen molar-refractivity contribution < 1.29 is 17.9 Å². The molecule has 0 saturated carbocycles. The van der Waals surface area contributed by atoms with Gasteiger partial charge in [0, 0.05) is 32.8 Å². The number of rotatable bonds is 6. The molecule has 2 rings (SSSR count). The molecule has 22 heavy (non-hydrogen) atoms. The molecule has 8 heteroatoms. The van der Waals surface area contributed by atoms with Crippen molar-refractivity contribution in [2.75, 3.05) is 64.5 Å². The number of sulfone groups is 1. The Kier molecular flexibility index (Phi) is 6.61. The van der Waals surface area contributed by atoms with Crippen LogP contribution in [0.1, 0.15) is 12.8 Å². The lowest BCUT2D eigenvalue weighted by molar-refractivity contribution is -0.135. The molecule has 2 saturated heterocycles. The molecule has 0 aromatic heterocycles. The van der Waals surface area contributed by atoms with Gasteiger partial charge in [-0.25, -0.2) is 8.42 Å². The van der Waals surface area contributed by atoms with Gasteiger partial charge in [0.2, 0.25) is 5.91 Å². The zero-order chi connectivity index (χ0) is 16.0. The summed E-state index contributed by atoms with van der Waals surface area (Å²) in [5.74, 6) is 0.285. The summed E-state index contributed by atoms with van der Waals surface area (Å²) in [5, 5.41) is 3.31. The van der Waals surface area contributed by atoms with E-state index in [1.807, 2.05) is 0 Å². The second-order valence-electron chi connectivity index (χ2n) is 6.02. The van der Waals surface area contributed by atoms with Crippen LogP contribution in [0.4, 0.5) is 0 Å². The average Bonchev–Trinajstić information content (AvgIpc) is 2.67. The van der Waals surface area contributed by atoms with Crippen LogP contribution < -0.4 is 5.32 Å². The normalized spacial score (nSPS) is 25.8. The summed E-state index contributed by atoms with van der Waals surface area (Å²) in [6.07, 6.45) is 1.57. The summed E-state index contributed by atoms with van der Waals surface area (Å²) in [6, 6.07) is -0.197. The van der Waals surface area contributed by atoms with Crippen molar-refractivity contribution in [2.24, 2.45) is 0 Å². The first-order valence-electron chi connectivity index (χ1n) is 7.94. The van der Waals surface area contributed by atoms with Crippen molar-refractivity contribution in [3.05, 3.63) is 0 Å². The van der Waals surface area contributed by atoms with Gasteiger partial charge in [-0.15, -0.1) is 0 Å². The SMILES string of the molecule is COCCN(C(=O)CN1CCCNCC1)C1CCS(=O)(=O)C1. The molecular formula is C14H27N3O4S. The van der Waals surface area contributed by atoms with Crippen LogP contribution in [0.25, 0.3) is 0 Å². The highest BCUT2D eigenvalue weighted by Gasteiger charge is 2.34. The number of hydrogen-bond acceptors (Lipinski definition) is 6. The van der Waals surface area contributed by atoms with E-state index < -0.39 is 9.84 Å². The minimum Gasteiger partial charge on any atom is -0.383 e. The van der Waals surface area contributed by atoms with E-state index in [9.17, 15) is 13.2 Å². The van der Waals surface area contributed by atoms with Crippen LogP contribution in [0.5, 0.6) is 0 Å². The molecule has 1 unspecified atom stereocenters. The van der Waals surface area contributed by atoms with Crippen LogP contribution in [0.15, 0.2) is 0 Å². The Morgan fingerprint density at radius 1 is 1.36 bits per heavy atom. The average molecular weight is 333 g/mol. The van der Waals surface area contributed by atoms with E-state index in [2.05, 4.69) is 10.2 Å². The summed E-state index contributed by atoms with van der Waals surface area (Å²) in [5.41, 5.74) is 0. The molecular weight excluding hydrogens is 306 g/mol. The Balaban J connectivity index is 1.96. The van der Waals surface area contributed by atoms with Crippen molar-refractivity contribution in [3.8, 4) is 0 Å². The van der Waals surface area contributed by atoms with E-state index in [4.69, 9.17) is 4.74 Å². The number of nitrogens with zero attached hydrogens (tertiary/aromatic N) is 2. The molecule has 0 aromatic carbocycles. The topological polar surface area (TPSA) is 79.0 Å². The predicted molar refractivity (Wildman–Crippen MR) is 84.6 cm³/mol. The number of carbonyl (C=O) groups excluding carboxylic acids is 1. The third-order valence-electron chi connectivity index (χ3n) is 4.30. The fraction of sp³-hybridized carbons (Fsp3) is 0.929. The molecule has 0 radical (unpaired) electrons. The lowest BCUT2D eigenvalue weighted by Crippen LogP contribution is -2.48. The van der Waals surface area contributed by atoms with E-state index in [0.717, 1.165) is 32.6 Å². The van der Waals surface area contributed by atoms with Gasteiger partial charge in [-0.05, 0) is 25.9 Å². The van der Waals surface area contributed by atoms with Crippen molar-refractivity contribution in [2.45, 2.75) is 18.9 Å². The number of nitrogens with one attached hydrogen (secondary N) is 1. The molecule has 2 heterocycles. The first kappa shape index (κ1) is 17.7. The summed E-state index contributed by atoms with van der Waals surface area (Å²) < 4.78 is 28.5. The number of carbonyl (C=O) groups is 1. The minimum absolute atomic E-state index is 0.0149. The van der Waals surface area contributed by atoms with Gasteiger partial charge in [0.1, 0.15) is 0 Å². The Bertz CT molecular complexity index is 461. The molecule has 128 valence electrons. The molecule has 7 nitrogen and oxygen atoms in total. The van der Waals surface area contributed by atoms with Crippen LogP contribution >= 0.6 is 0 Å². The molecule has 1 N–H and O–H groups in total. The monoisotopic (exact) mass is 333 g/mol. The van der Waals surface area contributed by atoms with Gasteiger partial charge in [0.05, 0.1) is 24.7 Å². The fourth-order valence-electron chi connectivity index (χ4n) is 3.06. The first-order valence-corrected chi connectivity index (χ1v) is 9.76. The molecule has 2 aliphatic heterocycles. The van der Waals surface area contributed by atoms with Gasteiger partial charge < -0.3 is 15.0 Å². The highest BCUT2D eigenvalue weighted by molar-refractivity contribution is 7.91. The van der Waals surface area contributed by atoms with Crippen LogP contribution in [0.2, 0.25) is 0 Å². The van der Waals surface area contributed by atoms with Crippen LogP contribution in [-0.2, 0) is 19.4 Å². The number of ether oxygens (including phenoxy) is 1. The van der Waals surface area contributed by atoms with Gasteiger partial charge in [-0.3, -0.25) is 9.69 Å². The fourth-order valence-corrected chi connectivity index (χ4v) is 4.79. The Morgan fingerprint density at radius 3 is 2.86 bits per heavy atom. The van der Waals surface area contributed by atoms with Crippen molar-refractivity contribution in [1.82, 2.24) is 15.1 Å². The molecule has 2 fully saturated rings. The van der Waals surface area contributed by atoms with E-state index >= 15 is 0 Å². The molecule has 1 amide bonds. The third kappa shape index (κ3) is 5.19. The van der Waals surface area contributed by atoms with Crippen LogP contribution in [-0.4, -0.2) is 94.7 Å². The second-order valence-corrected chi connectivity index (χ2v) is 8.25. The van der Waals surface area contributed by atoms with E-state index in [1.54, 1.807) is 12.0 Å². The van der Waals surface area contributed by atoms with Crippen LogP contribution in [0, 0.1) is 0 Å². The van der Waals surface area contributed by atoms with Crippen LogP contribution in [0.3, 0.4) is 0 Å². The summed E-state index contributed by atoms with van der Waals surface area (Å²) in [4.78, 5) is 16.5. The summed E-state index contributed by atoms with van der Waals surface area (Å²) in [7, 11) is -1.40. The minimum atomic E-state index is -3.00. The van der Waals surface area contributed by atoms with Gasteiger partial charge in [0.25, 0.3) is 0 Å². The van der Waals surface area contributed by atoms with E-state index in [1.165, 1.54) is 0 Å². The smallest absolute Gasteiger partial charge is 0.237 e. The molecule has 0 bridgehead atoms. The number of amides is 1. The van der Waals surface area contributed by atoms with Crippen molar-refractivity contribution >= 4 is 15.7 Å². The molecule has 2 aliphatic rings. The Morgan fingerprint density at radius 2 is 2.18 bits per heavy atom. The van der Waals surface area contributed by atoms with E-state index in [0.29, 0.717) is 26.1 Å². The molecule has 0 spiro atoms. The number of hydrogen-bond donors (Lipinski definition) is 1. The van der Waals surface area contributed by atoms with Gasteiger partial charge >= 0.3 is 0 Å².